The van der Waals surface area contributed by atoms with Crippen molar-refractivity contribution in [3.8, 4) is 17.2 Å². The van der Waals surface area contributed by atoms with Gasteiger partial charge in [-0.2, -0.15) is 0 Å². The number of carbonyl (C=O) groups excluding carboxylic acids is 1. The number of hydrogen-bond donors (Lipinski definition) is 0. The van der Waals surface area contributed by atoms with Crippen LogP contribution in [0.5, 0.6) is 17.2 Å². The number of ether oxygens (including phenoxy) is 3. The smallest absolute Gasteiger partial charge is 0.295 e. The molecule has 37 heavy (non-hydrogen) atoms. The molecule has 1 amide bonds. The largest absolute Gasteiger partial charge is 0.493 e. The van der Waals surface area contributed by atoms with Crippen molar-refractivity contribution >= 4 is 34.2 Å². The summed E-state index contributed by atoms with van der Waals surface area (Å²) >= 11 is 6.45. The van der Waals surface area contributed by atoms with Crippen molar-refractivity contribution in [3.63, 3.8) is 0 Å². The van der Waals surface area contributed by atoms with Gasteiger partial charge < -0.3 is 18.6 Å². The number of aryl methyl sites for hydroxylation is 3. The molecule has 1 unspecified atom stereocenters. The molecule has 2 heterocycles. The van der Waals surface area contributed by atoms with Gasteiger partial charge in [0.15, 0.2) is 16.9 Å². The second-order valence-corrected chi connectivity index (χ2v) is 9.48. The Hall–Kier alpha value is -3.97. The van der Waals surface area contributed by atoms with Gasteiger partial charge in [-0.05, 0) is 79.4 Å². The molecule has 1 aliphatic rings. The Morgan fingerprint density at radius 3 is 2.08 bits per heavy atom. The Labute approximate surface area is 219 Å². The van der Waals surface area contributed by atoms with Gasteiger partial charge in [0.1, 0.15) is 5.58 Å². The molecule has 7 nitrogen and oxygen atoms in total. The lowest BCUT2D eigenvalue weighted by Gasteiger charge is -2.26. The lowest BCUT2D eigenvalue weighted by molar-refractivity contribution is 0.0971. The summed E-state index contributed by atoms with van der Waals surface area (Å²) in [4.78, 5) is 29.4. The lowest BCUT2D eigenvalue weighted by Crippen LogP contribution is -2.29. The van der Waals surface area contributed by atoms with Crippen LogP contribution in [0.1, 0.15) is 44.4 Å². The van der Waals surface area contributed by atoms with Gasteiger partial charge in [0.25, 0.3) is 5.91 Å². The zero-order valence-electron chi connectivity index (χ0n) is 21.4. The first-order chi connectivity index (χ1) is 17.7. The Morgan fingerprint density at radius 2 is 1.49 bits per heavy atom. The van der Waals surface area contributed by atoms with Crippen LogP contribution in [-0.4, -0.2) is 27.2 Å². The van der Waals surface area contributed by atoms with Crippen LogP contribution in [0, 0.1) is 20.8 Å². The second-order valence-electron chi connectivity index (χ2n) is 9.08. The van der Waals surface area contributed by atoms with Gasteiger partial charge in [0.2, 0.25) is 11.5 Å². The summed E-state index contributed by atoms with van der Waals surface area (Å²) in [6.45, 7) is 5.75. The van der Waals surface area contributed by atoms with Crippen LogP contribution < -0.4 is 24.5 Å². The van der Waals surface area contributed by atoms with Crippen LogP contribution in [0.15, 0.2) is 51.7 Å². The number of rotatable bonds is 5. The number of fused-ring (bicyclic) bond motifs is 2. The minimum atomic E-state index is -0.822. The number of anilines is 1. The van der Waals surface area contributed by atoms with Gasteiger partial charge in [-0.1, -0.05) is 17.7 Å². The zero-order valence-corrected chi connectivity index (χ0v) is 22.1. The van der Waals surface area contributed by atoms with E-state index >= 15 is 0 Å². The normalized spacial score (nSPS) is 14.7. The summed E-state index contributed by atoms with van der Waals surface area (Å²) in [5.41, 5.74) is 4.24. The molecule has 0 N–H and O–H groups in total. The monoisotopic (exact) mass is 519 g/mol. The van der Waals surface area contributed by atoms with Crippen molar-refractivity contribution in [1.29, 1.82) is 0 Å². The fourth-order valence-electron chi connectivity index (χ4n) is 4.80. The van der Waals surface area contributed by atoms with Crippen molar-refractivity contribution in [2.24, 2.45) is 0 Å². The van der Waals surface area contributed by atoms with Crippen LogP contribution in [0.4, 0.5) is 5.69 Å². The number of amides is 1. The highest BCUT2D eigenvalue weighted by molar-refractivity contribution is 6.31. The van der Waals surface area contributed by atoms with Crippen LogP contribution >= 0.6 is 11.6 Å². The van der Waals surface area contributed by atoms with Crippen molar-refractivity contribution in [2.75, 3.05) is 26.2 Å². The fourth-order valence-corrected chi connectivity index (χ4v) is 4.98. The second kappa shape index (κ2) is 9.16. The summed E-state index contributed by atoms with van der Waals surface area (Å²) in [5, 5.41) is 0.913. The molecule has 0 bridgehead atoms. The van der Waals surface area contributed by atoms with Crippen molar-refractivity contribution in [2.45, 2.75) is 26.8 Å². The predicted molar refractivity (Wildman–Crippen MR) is 143 cm³/mol. The molecule has 4 aromatic rings. The predicted octanol–water partition coefficient (Wildman–Crippen LogP) is 6.15. The van der Waals surface area contributed by atoms with Gasteiger partial charge >= 0.3 is 0 Å². The van der Waals surface area contributed by atoms with E-state index in [-0.39, 0.29) is 16.8 Å². The van der Waals surface area contributed by atoms with E-state index in [0.29, 0.717) is 44.5 Å². The first kappa shape index (κ1) is 24.7. The van der Waals surface area contributed by atoms with E-state index in [4.69, 9.17) is 30.2 Å². The molecule has 5 rings (SSSR count). The summed E-state index contributed by atoms with van der Waals surface area (Å²) in [6, 6.07) is 11.6. The highest BCUT2D eigenvalue weighted by Gasteiger charge is 2.44. The third kappa shape index (κ3) is 3.81. The number of methoxy groups -OCH3 is 3. The molecule has 190 valence electrons. The van der Waals surface area contributed by atoms with E-state index in [1.54, 1.807) is 36.4 Å². The quantitative estimate of drug-likeness (QED) is 0.315. The zero-order chi connectivity index (χ0) is 26.6. The minimum absolute atomic E-state index is 0.00352. The maximum Gasteiger partial charge on any atom is 0.295 e. The molecule has 0 fully saturated rings. The fraction of sp³-hybridized carbons (Fsp3) is 0.241. The molecule has 1 aromatic heterocycles. The average molecular weight is 520 g/mol. The number of benzene rings is 3. The molecule has 1 aliphatic heterocycles. The van der Waals surface area contributed by atoms with E-state index in [9.17, 15) is 9.59 Å². The molecule has 1 atom stereocenters. The van der Waals surface area contributed by atoms with E-state index in [1.807, 2.05) is 26.8 Å². The maximum atomic E-state index is 14.0. The molecular weight excluding hydrogens is 494 g/mol. The topological polar surface area (TPSA) is 78.2 Å². The molecule has 8 heteroatoms. The summed E-state index contributed by atoms with van der Waals surface area (Å²) in [7, 11) is 4.54. The van der Waals surface area contributed by atoms with Crippen LogP contribution in [-0.2, 0) is 0 Å². The molecule has 0 aliphatic carbocycles. The van der Waals surface area contributed by atoms with E-state index in [2.05, 4.69) is 0 Å². The standard InChI is InChI=1S/C29H26ClNO6/c1-14-7-8-18(13-20(14)30)31-25(17-11-22(34-4)27(36-6)23(12-17)35-5)24-26(32)19-9-15(2)16(3)10-21(19)37-28(24)29(31)33/h7-13,25H,1-6H3. The van der Waals surface area contributed by atoms with E-state index in [0.717, 1.165) is 16.7 Å². The van der Waals surface area contributed by atoms with Crippen molar-refractivity contribution in [1.82, 2.24) is 0 Å². The third-order valence-corrected chi connectivity index (χ3v) is 7.33. The van der Waals surface area contributed by atoms with Crippen LogP contribution in [0.3, 0.4) is 0 Å². The van der Waals surface area contributed by atoms with Crippen molar-refractivity contribution < 1.29 is 23.4 Å². The summed E-state index contributed by atoms with van der Waals surface area (Å²) < 4.78 is 22.8. The minimum Gasteiger partial charge on any atom is -0.493 e. The molecule has 0 saturated heterocycles. The van der Waals surface area contributed by atoms with Crippen LogP contribution in [0.2, 0.25) is 5.02 Å². The molecule has 0 spiro atoms. The van der Waals surface area contributed by atoms with Gasteiger partial charge in [0.05, 0.1) is 38.3 Å². The first-order valence-corrected chi connectivity index (χ1v) is 12.1. The van der Waals surface area contributed by atoms with Gasteiger partial charge in [-0.3, -0.25) is 14.5 Å². The molecule has 0 radical (unpaired) electrons. The number of carbonyl (C=O) groups is 1. The summed E-state index contributed by atoms with van der Waals surface area (Å²) in [6.07, 6.45) is 0. The van der Waals surface area contributed by atoms with Crippen LogP contribution in [0.25, 0.3) is 11.0 Å². The number of halogens is 1. The third-order valence-electron chi connectivity index (χ3n) is 6.92. The molecule has 0 saturated carbocycles. The van der Waals surface area contributed by atoms with Gasteiger partial charge in [-0.15, -0.1) is 0 Å². The Kier molecular flexibility index (Phi) is 6.12. The Bertz CT molecular complexity index is 1620. The van der Waals surface area contributed by atoms with Gasteiger partial charge in [-0.25, -0.2) is 0 Å². The maximum absolute atomic E-state index is 14.0. The van der Waals surface area contributed by atoms with Gasteiger partial charge in [0, 0.05) is 10.7 Å². The van der Waals surface area contributed by atoms with Crippen molar-refractivity contribution in [3.05, 3.63) is 91.3 Å². The summed E-state index contributed by atoms with van der Waals surface area (Å²) in [5.74, 6) is 0.759. The Balaban J connectivity index is 1.86. The number of nitrogens with zero attached hydrogens (tertiary/aromatic N) is 1. The highest BCUT2D eigenvalue weighted by Crippen LogP contribution is 2.46. The number of hydrogen-bond acceptors (Lipinski definition) is 6. The Morgan fingerprint density at radius 1 is 0.838 bits per heavy atom. The molecule has 3 aromatic carbocycles. The first-order valence-electron chi connectivity index (χ1n) is 11.7. The lowest BCUT2D eigenvalue weighted by atomic mass is 9.96. The van der Waals surface area contributed by atoms with E-state index < -0.39 is 11.9 Å². The average Bonchev–Trinajstić information content (AvgIpc) is 3.18. The van der Waals surface area contributed by atoms with E-state index in [1.165, 1.54) is 26.2 Å². The highest BCUT2D eigenvalue weighted by atomic mass is 35.5. The SMILES string of the molecule is COc1cc(C2c3c(oc4cc(C)c(C)cc4c3=O)C(=O)N2c2ccc(C)c(Cl)c2)cc(OC)c1OC. The molecular formula is C29H26ClNO6.